The van der Waals surface area contributed by atoms with Crippen LogP contribution in [0.15, 0.2) is 71.6 Å². The molecule has 0 saturated heterocycles. The number of amides is 1. The van der Waals surface area contributed by atoms with E-state index >= 15 is 0 Å². The van der Waals surface area contributed by atoms with E-state index in [2.05, 4.69) is 0 Å². The van der Waals surface area contributed by atoms with Gasteiger partial charge in [0.1, 0.15) is 5.75 Å². The summed E-state index contributed by atoms with van der Waals surface area (Å²) in [6.45, 7) is 0.537. The van der Waals surface area contributed by atoms with E-state index < -0.39 is 9.84 Å². The monoisotopic (exact) mass is 455 g/mol. The Hall–Kier alpha value is -2.83. The minimum Gasteiger partial charge on any atom is -0.495 e. The molecule has 0 fully saturated rings. The number of fused-ring (bicyclic) bond motifs is 1. The lowest BCUT2D eigenvalue weighted by Gasteiger charge is -2.31. The molecule has 160 valence electrons. The number of methoxy groups -OCH3 is 1. The van der Waals surface area contributed by atoms with Crippen molar-refractivity contribution >= 4 is 33.0 Å². The molecule has 0 saturated carbocycles. The van der Waals surface area contributed by atoms with Crippen LogP contribution in [-0.2, 0) is 22.0 Å². The molecular weight excluding hydrogens is 434 g/mol. The van der Waals surface area contributed by atoms with E-state index in [-0.39, 0.29) is 16.6 Å². The largest absolute Gasteiger partial charge is 0.495 e. The van der Waals surface area contributed by atoms with Gasteiger partial charge in [0.2, 0.25) is 0 Å². The summed E-state index contributed by atoms with van der Waals surface area (Å²) in [6.07, 6.45) is 1.55. The van der Waals surface area contributed by atoms with E-state index in [1.807, 2.05) is 0 Å². The van der Waals surface area contributed by atoms with E-state index in [1.165, 1.54) is 0 Å². The predicted octanol–water partition coefficient (Wildman–Crippen LogP) is 4.92. The van der Waals surface area contributed by atoms with Crippen LogP contribution in [0.5, 0.6) is 5.75 Å². The van der Waals surface area contributed by atoms with Crippen molar-refractivity contribution in [2.24, 2.45) is 0 Å². The molecule has 4 rings (SSSR count). The molecule has 1 amide bonds. The predicted molar refractivity (Wildman–Crippen MR) is 122 cm³/mol. The van der Waals surface area contributed by atoms with Crippen LogP contribution in [0.3, 0.4) is 0 Å². The lowest BCUT2D eigenvalue weighted by molar-refractivity contribution is 0.0984. The van der Waals surface area contributed by atoms with Gasteiger partial charge in [0, 0.05) is 17.1 Å². The van der Waals surface area contributed by atoms with Crippen LogP contribution < -0.4 is 9.64 Å². The minimum atomic E-state index is -3.51. The zero-order valence-electron chi connectivity index (χ0n) is 17.0. The molecule has 5 nitrogen and oxygen atoms in total. The Morgan fingerprint density at radius 1 is 1.06 bits per heavy atom. The van der Waals surface area contributed by atoms with Crippen LogP contribution in [0.2, 0.25) is 5.02 Å². The van der Waals surface area contributed by atoms with Gasteiger partial charge in [-0.15, -0.1) is 0 Å². The van der Waals surface area contributed by atoms with Gasteiger partial charge in [-0.3, -0.25) is 4.79 Å². The first-order valence-corrected chi connectivity index (χ1v) is 12.0. The maximum absolute atomic E-state index is 13.4. The number of sulfone groups is 1. The number of carbonyl (C=O) groups is 1. The zero-order chi connectivity index (χ0) is 22.0. The van der Waals surface area contributed by atoms with Gasteiger partial charge in [-0.2, -0.15) is 0 Å². The van der Waals surface area contributed by atoms with Crippen molar-refractivity contribution in [2.75, 3.05) is 18.6 Å². The van der Waals surface area contributed by atoms with Gasteiger partial charge in [-0.05, 0) is 60.4 Å². The Morgan fingerprint density at radius 3 is 2.58 bits per heavy atom. The van der Waals surface area contributed by atoms with Crippen molar-refractivity contribution in [2.45, 2.75) is 23.5 Å². The number of halogens is 1. The van der Waals surface area contributed by atoms with Crippen molar-refractivity contribution < 1.29 is 17.9 Å². The second kappa shape index (κ2) is 8.73. The normalized spacial score (nSPS) is 13.5. The topological polar surface area (TPSA) is 63.7 Å². The van der Waals surface area contributed by atoms with E-state index in [0.29, 0.717) is 34.1 Å². The molecule has 0 atom stereocenters. The number of benzene rings is 3. The number of hydrogen-bond donors (Lipinski definition) is 0. The Labute approximate surface area is 187 Å². The molecule has 0 unspecified atom stereocenters. The van der Waals surface area contributed by atoms with Crippen molar-refractivity contribution in [1.82, 2.24) is 0 Å². The first-order chi connectivity index (χ1) is 14.9. The summed E-state index contributed by atoms with van der Waals surface area (Å²) in [7, 11) is -1.94. The molecule has 0 N–H and O–H groups in total. The Kier molecular flexibility index (Phi) is 6.03. The summed E-state index contributed by atoms with van der Waals surface area (Å²) in [5.41, 5.74) is 2.57. The molecule has 0 aliphatic carbocycles. The molecule has 7 heteroatoms. The highest BCUT2D eigenvalue weighted by molar-refractivity contribution is 7.90. The first-order valence-electron chi connectivity index (χ1n) is 9.94. The highest BCUT2D eigenvalue weighted by atomic mass is 35.5. The van der Waals surface area contributed by atoms with Gasteiger partial charge < -0.3 is 9.64 Å². The minimum absolute atomic E-state index is 0.177. The van der Waals surface area contributed by atoms with Gasteiger partial charge in [0.15, 0.2) is 9.84 Å². The molecule has 3 aromatic rings. The third kappa shape index (κ3) is 4.31. The highest BCUT2D eigenvalue weighted by Crippen LogP contribution is 2.40. The van der Waals surface area contributed by atoms with Crippen LogP contribution >= 0.6 is 11.6 Å². The summed E-state index contributed by atoms with van der Waals surface area (Å²) in [5, 5.41) is 0.607. The smallest absolute Gasteiger partial charge is 0.258 e. The maximum Gasteiger partial charge on any atom is 0.258 e. The van der Waals surface area contributed by atoms with Crippen LogP contribution in [0, 0.1) is 0 Å². The molecule has 1 heterocycles. The van der Waals surface area contributed by atoms with Gasteiger partial charge in [-0.25, -0.2) is 8.42 Å². The average Bonchev–Trinajstić information content (AvgIpc) is 2.79. The molecule has 1 aliphatic heterocycles. The van der Waals surface area contributed by atoms with Crippen LogP contribution in [0.4, 0.5) is 5.69 Å². The van der Waals surface area contributed by atoms with Gasteiger partial charge in [0.25, 0.3) is 5.91 Å². The van der Waals surface area contributed by atoms with Crippen molar-refractivity contribution in [3.63, 3.8) is 0 Å². The number of carbonyl (C=O) groups excluding carboxylic acids is 1. The van der Waals surface area contributed by atoms with Crippen LogP contribution in [0.25, 0.3) is 0 Å². The zero-order valence-corrected chi connectivity index (χ0v) is 18.6. The number of hydrogen-bond acceptors (Lipinski definition) is 4. The fourth-order valence-electron chi connectivity index (χ4n) is 3.90. The Bertz CT molecular complexity index is 1230. The summed E-state index contributed by atoms with van der Waals surface area (Å²) in [5.74, 6) is 0.208. The Balaban J connectivity index is 1.66. The second-order valence-electron chi connectivity index (χ2n) is 7.41. The fourth-order valence-corrected chi connectivity index (χ4v) is 5.50. The average molecular weight is 456 g/mol. The van der Waals surface area contributed by atoms with Gasteiger partial charge >= 0.3 is 0 Å². The molecular formula is C24H22ClNO4S. The number of rotatable bonds is 5. The summed E-state index contributed by atoms with van der Waals surface area (Å²) < 4.78 is 31.0. The number of nitrogens with zero attached hydrogens (tertiary/aromatic N) is 1. The third-order valence-corrected chi connectivity index (χ3v) is 7.42. The fraction of sp³-hybridized carbons (Fsp3) is 0.208. The molecule has 1 aliphatic rings. The highest BCUT2D eigenvalue weighted by Gasteiger charge is 2.28. The van der Waals surface area contributed by atoms with Gasteiger partial charge in [0.05, 0.1) is 23.4 Å². The van der Waals surface area contributed by atoms with Gasteiger partial charge in [-0.1, -0.05) is 41.9 Å². The number of anilines is 1. The molecule has 0 bridgehead atoms. The van der Waals surface area contributed by atoms with Crippen molar-refractivity contribution in [3.8, 4) is 5.75 Å². The van der Waals surface area contributed by atoms with E-state index in [1.54, 1.807) is 78.7 Å². The first kappa shape index (κ1) is 21.4. The second-order valence-corrected chi connectivity index (χ2v) is 9.81. The quantitative estimate of drug-likeness (QED) is 0.548. The summed E-state index contributed by atoms with van der Waals surface area (Å²) in [4.78, 5) is 15.3. The summed E-state index contributed by atoms with van der Waals surface area (Å²) >= 11 is 6.38. The Morgan fingerprint density at radius 2 is 1.84 bits per heavy atom. The van der Waals surface area contributed by atoms with Crippen LogP contribution in [0.1, 0.15) is 27.9 Å². The van der Waals surface area contributed by atoms with Crippen molar-refractivity contribution in [3.05, 3.63) is 88.4 Å². The molecule has 0 aromatic heterocycles. The lowest BCUT2D eigenvalue weighted by atomic mass is 9.99. The van der Waals surface area contributed by atoms with Crippen molar-refractivity contribution in [1.29, 1.82) is 0 Å². The molecule has 0 spiro atoms. The SMILES string of the molecule is COc1ccc(Cl)c2c1N(C(=O)c1cccc(CS(=O)(=O)c3ccccc3)c1)CCC2. The number of ether oxygens (including phenoxy) is 1. The van der Waals surface area contributed by atoms with E-state index in [4.69, 9.17) is 16.3 Å². The van der Waals surface area contributed by atoms with E-state index in [9.17, 15) is 13.2 Å². The van der Waals surface area contributed by atoms with E-state index in [0.717, 1.165) is 18.4 Å². The molecule has 3 aromatic carbocycles. The maximum atomic E-state index is 13.4. The lowest BCUT2D eigenvalue weighted by Crippen LogP contribution is -2.36. The standard InChI is InChI=1S/C24H22ClNO4S/c1-30-22-13-12-21(25)20-11-6-14-26(23(20)22)24(27)18-8-5-7-17(15-18)16-31(28,29)19-9-3-2-4-10-19/h2-5,7-10,12-13,15H,6,11,14,16H2,1H3. The molecule has 0 radical (unpaired) electrons. The molecule has 31 heavy (non-hydrogen) atoms. The summed E-state index contributed by atoms with van der Waals surface area (Å²) in [6, 6.07) is 18.6. The third-order valence-electron chi connectivity index (χ3n) is 5.36. The van der Waals surface area contributed by atoms with Crippen LogP contribution in [-0.4, -0.2) is 28.0 Å².